The number of amides is 1. The highest BCUT2D eigenvalue weighted by Gasteiger charge is 2.31. The Morgan fingerprint density at radius 1 is 0.966 bits per heavy atom. The average Bonchev–Trinajstić information content (AvgIpc) is 3.43. The molecule has 10 heteroatoms. The summed E-state index contributed by atoms with van der Waals surface area (Å²) >= 11 is 0. The van der Waals surface area contributed by atoms with Crippen molar-refractivity contribution in [3.63, 3.8) is 0 Å². The van der Waals surface area contributed by atoms with E-state index in [-0.39, 0.29) is 27.1 Å². The predicted octanol–water partition coefficient (Wildman–Crippen LogP) is 1.87. The smallest absolute Gasteiger partial charge is 0.265 e. The predicted molar refractivity (Wildman–Crippen MR) is 107 cm³/mol. The first-order valence-corrected chi connectivity index (χ1v) is 11.8. The van der Waals surface area contributed by atoms with Crippen LogP contribution in [0.3, 0.4) is 0 Å². The molecule has 0 spiro atoms. The summed E-state index contributed by atoms with van der Waals surface area (Å²) in [6, 6.07) is 8.35. The lowest BCUT2D eigenvalue weighted by Gasteiger charge is -2.13. The molecule has 0 saturated heterocycles. The topological polar surface area (TPSA) is 119 Å². The standard InChI is InChI=1S/C19H22N2O6S2/c1-12-4-9-17(13(2)10-12)28(23,24)21-19(22)14-5-8-16(27-3)18(11-14)29(25,26)20-15-6-7-15/h4-5,8-11,15,20H,6-7H2,1-3H3,(H,21,22). The molecule has 0 bridgehead atoms. The Kier molecular flexibility index (Phi) is 5.70. The minimum Gasteiger partial charge on any atom is -0.495 e. The number of methoxy groups -OCH3 is 1. The van der Waals surface area contributed by atoms with Gasteiger partial charge < -0.3 is 4.74 Å². The van der Waals surface area contributed by atoms with Gasteiger partial charge in [0.1, 0.15) is 10.6 Å². The minimum atomic E-state index is -4.12. The second-order valence-corrected chi connectivity index (χ2v) is 10.3. The summed E-state index contributed by atoms with van der Waals surface area (Å²) in [6.07, 6.45) is 1.49. The van der Waals surface area contributed by atoms with Crippen molar-refractivity contribution in [3.05, 3.63) is 53.1 Å². The summed E-state index contributed by atoms with van der Waals surface area (Å²) in [5.41, 5.74) is 1.27. The number of carbonyl (C=O) groups is 1. The fraction of sp³-hybridized carbons (Fsp3) is 0.316. The van der Waals surface area contributed by atoms with E-state index in [1.807, 2.05) is 11.6 Å². The third-order valence-corrected chi connectivity index (χ3v) is 7.49. The van der Waals surface area contributed by atoms with Gasteiger partial charge in [0.05, 0.1) is 12.0 Å². The number of ether oxygens (including phenoxy) is 1. The SMILES string of the molecule is COc1ccc(C(=O)NS(=O)(=O)c2ccc(C)cc2C)cc1S(=O)(=O)NC1CC1. The van der Waals surface area contributed by atoms with Crippen molar-refractivity contribution in [1.29, 1.82) is 0 Å². The molecule has 3 rings (SSSR count). The van der Waals surface area contributed by atoms with Gasteiger partial charge in [-0.3, -0.25) is 4.79 Å². The summed E-state index contributed by atoms with van der Waals surface area (Å²) in [7, 11) is -6.72. The van der Waals surface area contributed by atoms with E-state index in [2.05, 4.69) is 4.72 Å². The Balaban J connectivity index is 1.92. The van der Waals surface area contributed by atoms with E-state index in [1.165, 1.54) is 25.3 Å². The fourth-order valence-corrected chi connectivity index (χ4v) is 5.55. The molecule has 2 N–H and O–H groups in total. The van der Waals surface area contributed by atoms with Gasteiger partial charge in [-0.2, -0.15) is 0 Å². The van der Waals surface area contributed by atoms with Crippen molar-refractivity contribution in [2.24, 2.45) is 0 Å². The third kappa shape index (κ3) is 4.77. The Morgan fingerprint density at radius 3 is 2.24 bits per heavy atom. The van der Waals surface area contributed by atoms with Gasteiger partial charge in [-0.1, -0.05) is 17.7 Å². The number of benzene rings is 2. The fourth-order valence-electron chi connectivity index (χ4n) is 2.85. The molecule has 0 aromatic heterocycles. The first-order valence-electron chi connectivity index (χ1n) is 8.88. The van der Waals surface area contributed by atoms with Crippen LogP contribution < -0.4 is 14.2 Å². The first-order chi connectivity index (χ1) is 13.5. The summed E-state index contributed by atoms with van der Waals surface area (Å²) in [6.45, 7) is 3.46. The van der Waals surface area contributed by atoms with E-state index in [4.69, 9.17) is 4.74 Å². The van der Waals surface area contributed by atoms with Crippen LogP contribution in [0.15, 0.2) is 46.2 Å². The zero-order valence-electron chi connectivity index (χ0n) is 16.2. The van der Waals surface area contributed by atoms with Gasteiger partial charge >= 0.3 is 0 Å². The number of hydrogen-bond donors (Lipinski definition) is 2. The highest BCUT2D eigenvalue weighted by molar-refractivity contribution is 7.90. The molecule has 0 heterocycles. The molecular formula is C19H22N2O6S2. The molecule has 29 heavy (non-hydrogen) atoms. The number of hydrogen-bond acceptors (Lipinski definition) is 6. The molecule has 8 nitrogen and oxygen atoms in total. The molecule has 156 valence electrons. The summed E-state index contributed by atoms with van der Waals surface area (Å²) in [5, 5.41) is 0. The second-order valence-electron chi connectivity index (χ2n) is 6.96. The van der Waals surface area contributed by atoms with Crippen LogP contribution in [-0.4, -0.2) is 35.9 Å². The number of aryl methyl sites for hydroxylation is 2. The highest BCUT2D eigenvalue weighted by Crippen LogP contribution is 2.28. The Bertz CT molecular complexity index is 1170. The molecule has 0 aliphatic heterocycles. The molecule has 2 aromatic rings. The maximum absolute atomic E-state index is 12.6. The van der Waals surface area contributed by atoms with Gasteiger partial charge in [0.15, 0.2) is 0 Å². The quantitative estimate of drug-likeness (QED) is 0.681. The van der Waals surface area contributed by atoms with E-state index in [0.717, 1.165) is 24.5 Å². The van der Waals surface area contributed by atoms with E-state index in [9.17, 15) is 21.6 Å². The highest BCUT2D eigenvalue weighted by atomic mass is 32.2. The van der Waals surface area contributed by atoms with Crippen LogP contribution >= 0.6 is 0 Å². The monoisotopic (exact) mass is 438 g/mol. The van der Waals surface area contributed by atoms with Crippen molar-refractivity contribution in [1.82, 2.24) is 9.44 Å². The first kappa shape index (κ1) is 21.3. The molecule has 0 unspecified atom stereocenters. The second kappa shape index (κ2) is 7.77. The molecule has 0 atom stereocenters. The number of carbonyl (C=O) groups excluding carboxylic acids is 1. The summed E-state index contributed by atoms with van der Waals surface area (Å²) in [4.78, 5) is 12.3. The maximum Gasteiger partial charge on any atom is 0.265 e. The number of nitrogens with one attached hydrogen (secondary N) is 2. The van der Waals surface area contributed by atoms with E-state index in [1.54, 1.807) is 19.1 Å². The molecule has 1 aliphatic carbocycles. The average molecular weight is 439 g/mol. The largest absolute Gasteiger partial charge is 0.495 e. The number of sulfonamides is 2. The lowest BCUT2D eigenvalue weighted by Crippen LogP contribution is -2.31. The van der Waals surface area contributed by atoms with E-state index >= 15 is 0 Å². The molecule has 1 aliphatic rings. The lowest BCUT2D eigenvalue weighted by molar-refractivity contribution is 0.0981. The molecule has 1 saturated carbocycles. The van der Waals surface area contributed by atoms with Crippen molar-refractivity contribution < 1.29 is 26.4 Å². The Labute approximate surface area is 170 Å². The van der Waals surface area contributed by atoms with Crippen molar-refractivity contribution in [2.45, 2.75) is 42.5 Å². The molecular weight excluding hydrogens is 416 g/mol. The Morgan fingerprint density at radius 2 is 1.66 bits per heavy atom. The lowest BCUT2D eigenvalue weighted by atomic mass is 10.2. The summed E-state index contributed by atoms with van der Waals surface area (Å²) in [5.74, 6) is -0.873. The normalized spacial score (nSPS) is 14.4. The summed E-state index contributed by atoms with van der Waals surface area (Å²) < 4.78 is 60.0. The van der Waals surface area contributed by atoms with Crippen LogP contribution in [0, 0.1) is 13.8 Å². The van der Waals surface area contributed by atoms with Crippen LogP contribution in [0.5, 0.6) is 5.75 Å². The van der Waals surface area contributed by atoms with Crippen molar-refractivity contribution >= 4 is 26.0 Å². The van der Waals surface area contributed by atoms with Gasteiger partial charge in [0.2, 0.25) is 10.0 Å². The maximum atomic E-state index is 12.6. The molecule has 2 aromatic carbocycles. The van der Waals surface area contributed by atoms with Gasteiger partial charge in [-0.15, -0.1) is 0 Å². The molecule has 0 radical (unpaired) electrons. The van der Waals surface area contributed by atoms with Crippen LogP contribution in [0.25, 0.3) is 0 Å². The molecule has 1 amide bonds. The van der Waals surface area contributed by atoms with Gasteiger partial charge in [-0.05, 0) is 56.5 Å². The number of rotatable bonds is 7. The van der Waals surface area contributed by atoms with Crippen LogP contribution in [-0.2, 0) is 20.0 Å². The molecule has 1 fully saturated rings. The van der Waals surface area contributed by atoms with Crippen LogP contribution in [0.4, 0.5) is 0 Å². The zero-order chi connectivity index (χ0) is 21.4. The van der Waals surface area contributed by atoms with Gasteiger partial charge in [-0.25, -0.2) is 26.3 Å². The Hall–Kier alpha value is -2.43. The van der Waals surface area contributed by atoms with Crippen LogP contribution in [0.2, 0.25) is 0 Å². The minimum absolute atomic E-state index is 0.0202. The zero-order valence-corrected chi connectivity index (χ0v) is 17.9. The van der Waals surface area contributed by atoms with Crippen LogP contribution in [0.1, 0.15) is 34.3 Å². The third-order valence-electron chi connectivity index (χ3n) is 4.46. The van der Waals surface area contributed by atoms with Crippen molar-refractivity contribution in [3.8, 4) is 5.75 Å². The van der Waals surface area contributed by atoms with E-state index in [0.29, 0.717) is 5.56 Å². The van der Waals surface area contributed by atoms with E-state index < -0.39 is 26.0 Å². The van der Waals surface area contributed by atoms with Crippen molar-refractivity contribution in [2.75, 3.05) is 7.11 Å². The van der Waals surface area contributed by atoms with Gasteiger partial charge in [0, 0.05) is 11.6 Å². The van der Waals surface area contributed by atoms with Gasteiger partial charge in [0.25, 0.3) is 15.9 Å².